The van der Waals surface area contributed by atoms with Gasteiger partial charge in [-0.05, 0) is 37.2 Å². The molecule has 1 fully saturated rings. The van der Waals surface area contributed by atoms with Gasteiger partial charge >= 0.3 is 12.1 Å². The van der Waals surface area contributed by atoms with E-state index >= 15 is 0 Å². The van der Waals surface area contributed by atoms with Crippen molar-refractivity contribution >= 4 is 23.7 Å². The van der Waals surface area contributed by atoms with Crippen LogP contribution in [0.2, 0.25) is 0 Å². The molecule has 1 heterocycles. The van der Waals surface area contributed by atoms with Gasteiger partial charge in [-0.15, -0.1) is 0 Å². The molecule has 9 heteroatoms. The lowest BCUT2D eigenvalue weighted by atomic mass is 9.89. The maximum absolute atomic E-state index is 13.1. The summed E-state index contributed by atoms with van der Waals surface area (Å²) in [5.74, 6) is 0.507. The van der Waals surface area contributed by atoms with Gasteiger partial charge < -0.3 is 24.8 Å². The number of rotatable bonds is 10. The SMILES string of the molecule is COc1cc(C(=O)N2CCC[C@H]2COC(C)=O)c(N)cc1OCCCCCC(C)(C)C.O=C=O. The molecule has 1 aromatic rings. The van der Waals surface area contributed by atoms with Gasteiger partial charge in [-0.25, -0.2) is 0 Å². The summed E-state index contributed by atoms with van der Waals surface area (Å²) in [7, 11) is 1.55. The van der Waals surface area contributed by atoms with Crippen LogP contribution in [0.3, 0.4) is 0 Å². The molecule has 2 N–H and O–H groups in total. The van der Waals surface area contributed by atoms with E-state index in [2.05, 4.69) is 20.8 Å². The van der Waals surface area contributed by atoms with Crippen LogP contribution in [0.5, 0.6) is 11.5 Å². The number of nitrogens with two attached hydrogens (primary N) is 1. The summed E-state index contributed by atoms with van der Waals surface area (Å²) in [6.45, 7) is 9.51. The van der Waals surface area contributed by atoms with Crippen molar-refractivity contribution in [2.45, 2.75) is 72.3 Å². The van der Waals surface area contributed by atoms with E-state index in [-0.39, 0.29) is 30.7 Å². The number of esters is 1. The van der Waals surface area contributed by atoms with Gasteiger partial charge in [0.25, 0.3) is 5.91 Å². The van der Waals surface area contributed by atoms with Gasteiger partial charge in [-0.3, -0.25) is 9.59 Å². The summed E-state index contributed by atoms with van der Waals surface area (Å²) in [5, 5.41) is 0. The largest absolute Gasteiger partial charge is 0.493 e. The highest BCUT2D eigenvalue weighted by atomic mass is 16.5. The van der Waals surface area contributed by atoms with Gasteiger partial charge in [0.15, 0.2) is 11.5 Å². The Morgan fingerprint density at radius 2 is 1.82 bits per heavy atom. The van der Waals surface area contributed by atoms with Crippen LogP contribution in [-0.2, 0) is 19.1 Å². The van der Waals surface area contributed by atoms with Crippen LogP contribution in [0, 0.1) is 5.41 Å². The highest BCUT2D eigenvalue weighted by Crippen LogP contribution is 2.34. The lowest BCUT2D eigenvalue weighted by Crippen LogP contribution is -2.39. The van der Waals surface area contributed by atoms with Gasteiger partial charge in [0.2, 0.25) is 0 Å². The summed E-state index contributed by atoms with van der Waals surface area (Å²) in [6.07, 6.45) is 6.33. The molecule has 0 saturated carbocycles. The Morgan fingerprint density at radius 1 is 1.15 bits per heavy atom. The summed E-state index contributed by atoms with van der Waals surface area (Å²) in [6, 6.07) is 3.18. The van der Waals surface area contributed by atoms with Crippen molar-refractivity contribution in [3.8, 4) is 11.5 Å². The molecule has 0 spiro atoms. The van der Waals surface area contributed by atoms with Gasteiger partial charge in [0, 0.05) is 25.2 Å². The molecular weight excluding hydrogens is 440 g/mol. The summed E-state index contributed by atoms with van der Waals surface area (Å²) >= 11 is 0. The van der Waals surface area contributed by atoms with Crippen LogP contribution < -0.4 is 15.2 Å². The third kappa shape index (κ3) is 9.83. The molecule has 1 aliphatic heterocycles. The Morgan fingerprint density at radius 3 is 2.41 bits per heavy atom. The standard InChI is InChI=1S/C24H38N2O5.CO2/c1-17(27)31-16-18-10-9-12-26(18)23(28)19-14-21(29-5)22(15-20(19)25)30-13-8-6-7-11-24(2,3)4;2-1-3/h14-15,18H,6-13,16,25H2,1-5H3;/t18-;/m0./s1. The monoisotopic (exact) mass is 478 g/mol. The van der Waals surface area contributed by atoms with Crippen molar-refractivity contribution in [3.63, 3.8) is 0 Å². The van der Waals surface area contributed by atoms with Crippen molar-refractivity contribution < 1.29 is 33.4 Å². The predicted octanol–water partition coefficient (Wildman–Crippen LogP) is 3.85. The molecule has 1 saturated heterocycles. The number of amides is 1. The lowest BCUT2D eigenvalue weighted by Gasteiger charge is -2.25. The first kappa shape index (κ1) is 29.0. The van der Waals surface area contributed by atoms with Crippen LogP contribution >= 0.6 is 0 Å². The number of nitrogens with zero attached hydrogens (tertiary/aromatic N) is 1. The van der Waals surface area contributed by atoms with E-state index < -0.39 is 0 Å². The maximum Gasteiger partial charge on any atom is 0.373 e. The molecule has 0 aromatic heterocycles. The number of carbonyl (C=O) groups excluding carboxylic acids is 4. The van der Waals surface area contributed by atoms with Crippen molar-refractivity contribution in [2.75, 3.05) is 32.6 Å². The van der Waals surface area contributed by atoms with Crippen LogP contribution in [0.1, 0.15) is 76.6 Å². The molecule has 1 atom stereocenters. The highest BCUT2D eigenvalue weighted by molar-refractivity contribution is 6.00. The molecule has 0 unspecified atom stereocenters. The first-order valence-electron chi connectivity index (χ1n) is 11.6. The number of methoxy groups -OCH3 is 1. The average molecular weight is 479 g/mol. The Balaban J connectivity index is 0.00000182. The fraction of sp³-hybridized carbons (Fsp3) is 0.640. The van der Waals surface area contributed by atoms with E-state index in [0.717, 1.165) is 25.7 Å². The Hall–Kier alpha value is -3.06. The molecule has 190 valence electrons. The summed E-state index contributed by atoms with van der Waals surface area (Å²) in [5.41, 5.74) is 7.30. The van der Waals surface area contributed by atoms with Gasteiger partial charge in [0.1, 0.15) is 6.61 Å². The number of carbonyl (C=O) groups is 2. The zero-order chi connectivity index (χ0) is 25.7. The number of ether oxygens (including phenoxy) is 3. The Labute approximate surface area is 201 Å². The molecule has 2 rings (SSSR count). The van der Waals surface area contributed by atoms with Crippen molar-refractivity contribution in [3.05, 3.63) is 17.7 Å². The number of likely N-dealkylation sites (tertiary alicyclic amines) is 1. The lowest BCUT2D eigenvalue weighted by molar-refractivity contribution is -0.191. The first-order chi connectivity index (χ1) is 16.0. The number of anilines is 1. The van der Waals surface area contributed by atoms with Crippen LogP contribution in [0.15, 0.2) is 12.1 Å². The Bertz CT molecular complexity index is 842. The summed E-state index contributed by atoms with van der Waals surface area (Å²) < 4.78 is 16.5. The normalized spacial score (nSPS) is 15.1. The first-order valence-corrected chi connectivity index (χ1v) is 11.6. The van der Waals surface area contributed by atoms with Crippen LogP contribution in [0.25, 0.3) is 0 Å². The predicted molar refractivity (Wildman–Crippen MR) is 127 cm³/mol. The van der Waals surface area contributed by atoms with E-state index in [1.807, 2.05) is 0 Å². The second-order valence-corrected chi connectivity index (χ2v) is 9.49. The molecular formula is C25H38N2O7. The quantitative estimate of drug-likeness (QED) is 0.305. The molecule has 1 amide bonds. The average Bonchev–Trinajstić information content (AvgIpc) is 3.23. The van der Waals surface area contributed by atoms with Crippen molar-refractivity contribution in [1.82, 2.24) is 4.90 Å². The third-order valence-electron chi connectivity index (χ3n) is 5.51. The number of hydrogen-bond acceptors (Lipinski definition) is 8. The maximum atomic E-state index is 13.1. The van der Waals surface area contributed by atoms with Gasteiger partial charge in [0.05, 0.1) is 25.3 Å². The number of benzene rings is 1. The second kappa shape index (κ2) is 14.3. The zero-order valence-corrected chi connectivity index (χ0v) is 21.0. The van der Waals surface area contributed by atoms with E-state index in [4.69, 9.17) is 29.5 Å². The fourth-order valence-corrected chi connectivity index (χ4v) is 3.79. The van der Waals surface area contributed by atoms with Crippen molar-refractivity contribution in [2.24, 2.45) is 5.41 Å². The third-order valence-corrected chi connectivity index (χ3v) is 5.51. The second-order valence-electron chi connectivity index (χ2n) is 9.49. The van der Waals surface area contributed by atoms with E-state index in [1.165, 1.54) is 19.8 Å². The van der Waals surface area contributed by atoms with Crippen LogP contribution in [0.4, 0.5) is 5.69 Å². The smallest absolute Gasteiger partial charge is 0.373 e. The highest BCUT2D eigenvalue weighted by Gasteiger charge is 2.31. The minimum Gasteiger partial charge on any atom is -0.493 e. The number of hydrogen-bond donors (Lipinski definition) is 1. The minimum absolute atomic E-state index is 0.134. The molecule has 9 nitrogen and oxygen atoms in total. The minimum atomic E-state index is -0.347. The fourth-order valence-electron chi connectivity index (χ4n) is 3.79. The molecule has 0 aliphatic carbocycles. The molecule has 1 aliphatic rings. The van der Waals surface area contributed by atoms with Crippen LogP contribution in [-0.4, -0.2) is 55.8 Å². The van der Waals surface area contributed by atoms with E-state index in [1.54, 1.807) is 24.1 Å². The molecule has 34 heavy (non-hydrogen) atoms. The number of nitrogen functional groups attached to an aromatic ring is 1. The van der Waals surface area contributed by atoms with E-state index in [0.29, 0.717) is 41.3 Å². The van der Waals surface area contributed by atoms with Gasteiger partial charge in [-0.2, -0.15) is 9.59 Å². The Kier molecular flexibility index (Phi) is 12.1. The molecule has 1 aromatic carbocycles. The van der Waals surface area contributed by atoms with Gasteiger partial charge in [-0.1, -0.05) is 33.6 Å². The molecule has 0 radical (unpaired) electrons. The zero-order valence-electron chi connectivity index (χ0n) is 21.0. The van der Waals surface area contributed by atoms with Crippen molar-refractivity contribution in [1.29, 1.82) is 0 Å². The van der Waals surface area contributed by atoms with E-state index in [9.17, 15) is 9.59 Å². The molecule has 0 bridgehead atoms. The topological polar surface area (TPSA) is 125 Å². The number of unbranched alkanes of at least 4 members (excludes halogenated alkanes) is 2. The summed E-state index contributed by atoms with van der Waals surface area (Å²) in [4.78, 5) is 42.2.